The Bertz CT molecular complexity index is 899. The average molecular weight is 439 g/mol. The lowest BCUT2D eigenvalue weighted by atomic mass is 9.85. The van der Waals surface area contributed by atoms with Gasteiger partial charge in [0.1, 0.15) is 0 Å². The van der Waals surface area contributed by atoms with E-state index >= 15 is 0 Å². The number of hydrogen-bond donors (Lipinski definition) is 1. The highest BCUT2D eigenvalue weighted by molar-refractivity contribution is 5.87. The molecule has 3 heterocycles. The topological polar surface area (TPSA) is 54.7 Å². The van der Waals surface area contributed by atoms with Crippen molar-refractivity contribution in [2.75, 3.05) is 13.2 Å². The number of aromatic nitrogens is 1. The Morgan fingerprint density at radius 1 is 0.875 bits per heavy atom. The smallest absolute Gasteiger partial charge is 0.307 e. The van der Waals surface area contributed by atoms with Gasteiger partial charge in [0.25, 0.3) is 0 Å². The maximum Gasteiger partial charge on any atom is 0.307 e. The zero-order valence-corrected chi connectivity index (χ0v) is 19.3. The van der Waals surface area contributed by atoms with Crippen LogP contribution in [0.3, 0.4) is 0 Å². The van der Waals surface area contributed by atoms with Crippen molar-refractivity contribution < 1.29 is 14.6 Å². The Hall–Kier alpha value is -1.85. The Morgan fingerprint density at radius 2 is 1.50 bits per heavy atom. The summed E-state index contributed by atoms with van der Waals surface area (Å²) in [6, 6.07) is 10.4. The number of aliphatic carboxylic acids is 1. The fourth-order valence-electron chi connectivity index (χ4n) is 6.71. The quantitative estimate of drug-likeness (QED) is 0.678. The number of carboxylic acids is 1. The monoisotopic (exact) mass is 438 g/mol. The number of nitrogens with zero attached hydrogens (tertiary/aromatic N) is 2. The number of rotatable bonds is 4. The largest absolute Gasteiger partial charge is 0.481 e. The van der Waals surface area contributed by atoms with E-state index in [1.54, 1.807) is 0 Å². The maximum atomic E-state index is 11.4. The van der Waals surface area contributed by atoms with Crippen LogP contribution in [0, 0.1) is 0 Å². The van der Waals surface area contributed by atoms with Crippen molar-refractivity contribution in [1.29, 1.82) is 0 Å². The summed E-state index contributed by atoms with van der Waals surface area (Å²) in [5.41, 5.74) is 2.11. The normalized spacial score (nSPS) is 28.6. The van der Waals surface area contributed by atoms with Crippen molar-refractivity contribution in [3.05, 3.63) is 36.0 Å². The van der Waals surface area contributed by atoms with Gasteiger partial charge in [-0.15, -0.1) is 0 Å². The highest BCUT2D eigenvalue weighted by Gasteiger charge is 2.42. The highest BCUT2D eigenvalue weighted by atomic mass is 16.5. The van der Waals surface area contributed by atoms with Crippen LogP contribution in [0.5, 0.6) is 0 Å². The van der Waals surface area contributed by atoms with Crippen LogP contribution in [0.25, 0.3) is 10.9 Å². The third kappa shape index (κ3) is 4.60. The number of para-hydroxylation sites is 1. The van der Waals surface area contributed by atoms with E-state index in [4.69, 9.17) is 4.74 Å². The summed E-state index contributed by atoms with van der Waals surface area (Å²) in [7, 11) is 0. The molecule has 0 amide bonds. The molecule has 0 spiro atoms. The van der Waals surface area contributed by atoms with Crippen LogP contribution in [-0.4, -0.2) is 51.9 Å². The Balaban J connectivity index is 1.38. The van der Waals surface area contributed by atoms with Crippen molar-refractivity contribution >= 4 is 16.9 Å². The molecule has 32 heavy (non-hydrogen) atoms. The second kappa shape index (κ2) is 9.96. The summed E-state index contributed by atoms with van der Waals surface area (Å²) < 4.78 is 8.45. The number of benzene rings is 1. The summed E-state index contributed by atoms with van der Waals surface area (Å²) >= 11 is 0. The molecule has 0 radical (unpaired) electrons. The van der Waals surface area contributed by atoms with Crippen molar-refractivity contribution in [3.63, 3.8) is 0 Å². The third-order valence-electron chi connectivity index (χ3n) is 8.11. The van der Waals surface area contributed by atoms with Crippen LogP contribution in [0.4, 0.5) is 0 Å². The lowest BCUT2D eigenvalue weighted by Gasteiger charge is -2.52. The Morgan fingerprint density at radius 3 is 2.16 bits per heavy atom. The van der Waals surface area contributed by atoms with Crippen LogP contribution >= 0.6 is 0 Å². The molecule has 3 aliphatic rings. The van der Waals surface area contributed by atoms with Crippen LogP contribution in [-0.2, 0) is 16.0 Å². The zero-order valence-electron chi connectivity index (χ0n) is 19.3. The van der Waals surface area contributed by atoms with Gasteiger partial charge in [-0.05, 0) is 37.3 Å². The first kappa shape index (κ1) is 22.0. The van der Waals surface area contributed by atoms with E-state index in [1.165, 1.54) is 63.3 Å². The van der Waals surface area contributed by atoms with Gasteiger partial charge >= 0.3 is 5.97 Å². The summed E-state index contributed by atoms with van der Waals surface area (Å²) in [5, 5.41) is 10.5. The summed E-state index contributed by atoms with van der Waals surface area (Å²) in [6.45, 7) is 1.68. The lowest BCUT2D eigenvalue weighted by Crippen LogP contribution is -2.60. The van der Waals surface area contributed by atoms with E-state index in [0.29, 0.717) is 24.2 Å². The van der Waals surface area contributed by atoms with Gasteiger partial charge in [0.15, 0.2) is 0 Å². The molecule has 174 valence electrons. The first-order valence-corrected chi connectivity index (χ1v) is 12.9. The van der Waals surface area contributed by atoms with E-state index in [-0.39, 0.29) is 6.42 Å². The van der Waals surface area contributed by atoms with E-state index in [1.807, 2.05) is 6.07 Å². The molecule has 1 aliphatic carbocycles. The molecule has 1 saturated carbocycles. The molecular formula is C27H38N2O3. The van der Waals surface area contributed by atoms with E-state index < -0.39 is 5.97 Å². The second-order valence-corrected chi connectivity index (χ2v) is 10.3. The second-order valence-electron chi connectivity index (χ2n) is 10.3. The maximum absolute atomic E-state index is 11.4. The molecule has 5 rings (SSSR count). The predicted octanol–water partition coefficient (Wildman–Crippen LogP) is 5.57. The molecule has 2 aliphatic heterocycles. The molecule has 2 saturated heterocycles. The minimum Gasteiger partial charge on any atom is -0.481 e. The summed E-state index contributed by atoms with van der Waals surface area (Å²) in [5.74, 6) is -0.760. The molecule has 1 N–H and O–H groups in total. The fourth-order valence-corrected chi connectivity index (χ4v) is 6.71. The van der Waals surface area contributed by atoms with Crippen LogP contribution in [0.1, 0.15) is 82.2 Å². The lowest BCUT2D eigenvalue weighted by molar-refractivity contribution is -0.136. The zero-order chi connectivity index (χ0) is 21.9. The minimum absolute atomic E-state index is 0.0877. The first-order valence-electron chi connectivity index (χ1n) is 12.9. The molecule has 1 aromatic heterocycles. The van der Waals surface area contributed by atoms with Gasteiger partial charge in [-0.1, -0.05) is 63.1 Å². The minimum atomic E-state index is -0.760. The predicted molar refractivity (Wildman–Crippen MR) is 127 cm³/mol. The molecule has 5 nitrogen and oxygen atoms in total. The molecular weight excluding hydrogens is 400 g/mol. The SMILES string of the molecule is O=C(O)Cc1cn([C@H]2C[C@H]3COC[C@@H](C2)N3C2CCCCCCCCC2)c2ccccc12. The number of ether oxygens (including phenoxy) is 1. The van der Waals surface area contributed by atoms with E-state index in [2.05, 4.69) is 33.9 Å². The molecule has 3 fully saturated rings. The van der Waals surface area contributed by atoms with Gasteiger partial charge in [0, 0.05) is 41.3 Å². The van der Waals surface area contributed by atoms with Crippen molar-refractivity contribution in [2.45, 2.75) is 101 Å². The first-order chi connectivity index (χ1) is 15.7. The van der Waals surface area contributed by atoms with E-state index in [9.17, 15) is 9.90 Å². The molecule has 0 unspecified atom stereocenters. The number of piperidine rings is 1. The van der Waals surface area contributed by atoms with Gasteiger partial charge in [-0.25, -0.2) is 0 Å². The van der Waals surface area contributed by atoms with Gasteiger partial charge in [-0.3, -0.25) is 9.69 Å². The number of carbonyl (C=O) groups is 1. The van der Waals surface area contributed by atoms with Gasteiger partial charge in [0.05, 0.1) is 19.6 Å². The van der Waals surface area contributed by atoms with Crippen molar-refractivity contribution in [2.24, 2.45) is 0 Å². The molecule has 3 atom stereocenters. The molecule has 1 aromatic carbocycles. The van der Waals surface area contributed by atoms with Crippen molar-refractivity contribution in [1.82, 2.24) is 9.47 Å². The van der Waals surface area contributed by atoms with Gasteiger partial charge in [0.2, 0.25) is 0 Å². The standard InChI is InChI=1S/C27H38N2O3/c30-27(31)14-20-17-28(26-13-9-8-12-25(20)26)22-15-23-18-32-19-24(16-22)29(23)21-10-6-4-2-1-3-5-7-11-21/h8-9,12-13,17,21-24H,1-7,10-11,14-16,18-19H2,(H,30,31)/t22-,23-,24+. The number of hydrogen-bond acceptors (Lipinski definition) is 3. The van der Waals surface area contributed by atoms with Gasteiger partial charge in [-0.2, -0.15) is 0 Å². The summed E-state index contributed by atoms with van der Waals surface area (Å²) in [6.07, 6.45) is 16.8. The average Bonchev–Trinajstić information content (AvgIpc) is 3.14. The molecule has 2 bridgehead atoms. The van der Waals surface area contributed by atoms with Crippen LogP contribution in [0.15, 0.2) is 30.5 Å². The Kier molecular flexibility index (Phi) is 6.84. The van der Waals surface area contributed by atoms with Gasteiger partial charge < -0.3 is 14.4 Å². The number of fused-ring (bicyclic) bond motifs is 3. The van der Waals surface area contributed by atoms with Crippen LogP contribution in [0.2, 0.25) is 0 Å². The number of morpholine rings is 1. The highest BCUT2D eigenvalue weighted by Crippen LogP contribution is 2.40. The third-order valence-corrected chi connectivity index (χ3v) is 8.11. The fraction of sp³-hybridized carbons (Fsp3) is 0.667. The van der Waals surface area contributed by atoms with E-state index in [0.717, 1.165) is 37.0 Å². The number of carboxylic acid groups (broad SMARTS) is 1. The molecule has 2 aromatic rings. The van der Waals surface area contributed by atoms with Crippen LogP contribution < -0.4 is 0 Å². The summed E-state index contributed by atoms with van der Waals surface area (Å²) in [4.78, 5) is 14.3. The van der Waals surface area contributed by atoms with Crippen molar-refractivity contribution in [3.8, 4) is 0 Å². The molecule has 5 heteroatoms. The Labute approximate surface area is 191 Å².